The van der Waals surface area contributed by atoms with E-state index in [-0.39, 0.29) is 4.90 Å². The van der Waals surface area contributed by atoms with Crippen LogP contribution in [0.2, 0.25) is 0 Å². The van der Waals surface area contributed by atoms with Gasteiger partial charge in [0.05, 0.1) is 4.90 Å². The van der Waals surface area contributed by atoms with E-state index in [1.165, 1.54) is 12.1 Å². The number of rotatable bonds is 6. The molecule has 0 atom stereocenters. The highest BCUT2D eigenvalue weighted by atomic mass is 32.2. The molecule has 1 aromatic rings. The smallest absolute Gasteiger partial charge is 0.240 e. The fourth-order valence-electron chi connectivity index (χ4n) is 1.57. The van der Waals surface area contributed by atoms with E-state index in [1.807, 2.05) is 0 Å². The molecule has 2 N–H and O–H groups in total. The van der Waals surface area contributed by atoms with Gasteiger partial charge in [0.25, 0.3) is 0 Å². The van der Waals surface area contributed by atoms with Crippen molar-refractivity contribution in [3.05, 3.63) is 29.6 Å². The highest BCUT2D eigenvalue weighted by Gasteiger charge is 2.20. The van der Waals surface area contributed by atoms with Gasteiger partial charge in [0, 0.05) is 19.1 Å². The molecule has 1 aliphatic carbocycles. The number of benzene rings is 1. The predicted octanol–water partition coefficient (Wildman–Crippen LogP) is 1.16. The molecule has 0 bridgehead atoms. The van der Waals surface area contributed by atoms with E-state index in [0.717, 1.165) is 18.9 Å². The maximum absolute atomic E-state index is 13.3. The first-order chi connectivity index (χ1) is 8.49. The van der Waals surface area contributed by atoms with Crippen LogP contribution >= 0.6 is 0 Å². The number of halogens is 1. The van der Waals surface area contributed by atoms with Gasteiger partial charge in [-0.15, -0.1) is 0 Å². The molecule has 0 amide bonds. The lowest BCUT2D eigenvalue weighted by molar-refractivity contribution is 0.571. The summed E-state index contributed by atoms with van der Waals surface area (Å²) in [7, 11) is -3.61. The maximum atomic E-state index is 13.3. The van der Waals surface area contributed by atoms with Crippen LogP contribution < -0.4 is 10.0 Å². The lowest BCUT2D eigenvalue weighted by Gasteiger charge is -2.08. The Morgan fingerprint density at radius 1 is 1.33 bits per heavy atom. The number of hydrogen-bond donors (Lipinski definition) is 2. The molecule has 0 saturated heterocycles. The van der Waals surface area contributed by atoms with Crippen molar-refractivity contribution in [2.45, 2.75) is 30.7 Å². The molecule has 100 valence electrons. The fourth-order valence-corrected chi connectivity index (χ4v) is 2.62. The molecule has 0 unspecified atom stereocenters. The molecule has 2 rings (SSSR count). The van der Waals surface area contributed by atoms with E-state index in [9.17, 15) is 12.8 Å². The van der Waals surface area contributed by atoms with Crippen molar-refractivity contribution in [3.63, 3.8) is 0 Å². The highest BCUT2D eigenvalue weighted by molar-refractivity contribution is 7.89. The van der Waals surface area contributed by atoms with Crippen LogP contribution in [0.5, 0.6) is 0 Å². The van der Waals surface area contributed by atoms with Crippen molar-refractivity contribution >= 4 is 10.0 Å². The van der Waals surface area contributed by atoms with E-state index in [2.05, 4.69) is 10.0 Å². The molecule has 1 fully saturated rings. The van der Waals surface area contributed by atoms with E-state index < -0.39 is 15.8 Å². The predicted molar refractivity (Wildman–Crippen MR) is 67.4 cm³/mol. The van der Waals surface area contributed by atoms with Crippen molar-refractivity contribution in [3.8, 4) is 0 Å². The van der Waals surface area contributed by atoms with Gasteiger partial charge in [-0.3, -0.25) is 0 Å². The Morgan fingerprint density at radius 3 is 2.67 bits per heavy atom. The molecule has 0 spiro atoms. The summed E-state index contributed by atoms with van der Waals surface area (Å²) in [6.45, 7) is 2.51. The number of sulfonamides is 1. The van der Waals surface area contributed by atoms with Crippen LogP contribution in [0.3, 0.4) is 0 Å². The molecular formula is C12H17FN2O2S. The molecule has 0 heterocycles. The molecule has 1 aliphatic rings. The van der Waals surface area contributed by atoms with Crippen molar-refractivity contribution in [1.29, 1.82) is 0 Å². The summed E-state index contributed by atoms with van der Waals surface area (Å²) in [6, 6.07) is 4.47. The first-order valence-corrected chi connectivity index (χ1v) is 7.46. The van der Waals surface area contributed by atoms with Crippen molar-refractivity contribution in [1.82, 2.24) is 10.0 Å². The normalized spacial score (nSPS) is 15.9. The Hall–Kier alpha value is -0.980. The van der Waals surface area contributed by atoms with Gasteiger partial charge in [0.15, 0.2) is 0 Å². The quantitative estimate of drug-likeness (QED) is 0.764. The van der Waals surface area contributed by atoms with Gasteiger partial charge in [-0.2, -0.15) is 0 Å². The van der Waals surface area contributed by atoms with Crippen LogP contribution in [0.4, 0.5) is 4.39 Å². The summed E-state index contributed by atoms with van der Waals surface area (Å²) in [5.41, 5.74) is 0.435. The van der Waals surface area contributed by atoms with Crippen LogP contribution in [0.15, 0.2) is 23.1 Å². The van der Waals surface area contributed by atoms with Gasteiger partial charge in [-0.1, -0.05) is 6.07 Å². The summed E-state index contributed by atoms with van der Waals surface area (Å²) < 4.78 is 39.5. The summed E-state index contributed by atoms with van der Waals surface area (Å²) in [6.07, 6.45) is 2.33. The maximum Gasteiger partial charge on any atom is 0.240 e. The molecule has 1 aromatic carbocycles. The first kappa shape index (κ1) is 13.5. The van der Waals surface area contributed by atoms with Crippen LogP contribution in [0.1, 0.15) is 18.4 Å². The number of nitrogens with one attached hydrogen (secondary N) is 2. The molecule has 0 aromatic heterocycles. The number of aryl methyl sites for hydroxylation is 1. The zero-order valence-electron chi connectivity index (χ0n) is 10.2. The van der Waals surface area contributed by atoms with Gasteiger partial charge in [-0.25, -0.2) is 17.5 Å². The van der Waals surface area contributed by atoms with Crippen LogP contribution in [-0.4, -0.2) is 27.5 Å². The van der Waals surface area contributed by atoms with Gasteiger partial charge in [0.1, 0.15) is 5.82 Å². The van der Waals surface area contributed by atoms with Crippen molar-refractivity contribution in [2.24, 2.45) is 0 Å². The Kier molecular flexibility index (Phi) is 3.99. The Balaban J connectivity index is 1.93. The molecule has 6 heteroatoms. The topological polar surface area (TPSA) is 58.2 Å². The Morgan fingerprint density at radius 2 is 2.06 bits per heavy atom. The van der Waals surface area contributed by atoms with Gasteiger partial charge >= 0.3 is 0 Å². The third kappa shape index (κ3) is 3.51. The average molecular weight is 272 g/mol. The Bertz CT molecular complexity index is 527. The van der Waals surface area contributed by atoms with Gasteiger partial charge < -0.3 is 5.32 Å². The summed E-state index contributed by atoms with van der Waals surface area (Å²) >= 11 is 0. The van der Waals surface area contributed by atoms with E-state index in [0.29, 0.717) is 24.7 Å². The van der Waals surface area contributed by atoms with Crippen LogP contribution in [0, 0.1) is 12.7 Å². The monoisotopic (exact) mass is 272 g/mol. The lowest BCUT2D eigenvalue weighted by atomic mass is 10.2. The molecule has 1 saturated carbocycles. The highest BCUT2D eigenvalue weighted by Crippen LogP contribution is 2.18. The minimum atomic E-state index is -3.61. The van der Waals surface area contributed by atoms with Gasteiger partial charge in [-0.05, 0) is 37.5 Å². The van der Waals surface area contributed by atoms with E-state index >= 15 is 0 Å². The molecule has 0 radical (unpaired) electrons. The second-order valence-electron chi connectivity index (χ2n) is 4.54. The van der Waals surface area contributed by atoms with Crippen LogP contribution in [-0.2, 0) is 10.0 Å². The molecular weight excluding hydrogens is 255 g/mol. The van der Waals surface area contributed by atoms with Crippen LogP contribution in [0.25, 0.3) is 0 Å². The fraction of sp³-hybridized carbons (Fsp3) is 0.500. The second-order valence-corrected chi connectivity index (χ2v) is 6.30. The molecule has 0 aliphatic heterocycles. The zero-order chi connectivity index (χ0) is 13.2. The summed E-state index contributed by atoms with van der Waals surface area (Å²) in [5.74, 6) is -0.506. The van der Waals surface area contributed by atoms with Crippen molar-refractivity contribution < 1.29 is 12.8 Å². The largest absolute Gasteiger partial charge is 0.313 e. The molecule has 4 nitrogen and oxygen atoms in total. The van der Waals surface area contributed by atoms with Gasteiger partial charge in [0.2, 0.25) is 10.0 Å². The third-order valence-electron chi connectivity index (χ3n) is 2.88. The lowest BCUT2D eigenvalue weighted by Crippen LogP contribution is -2.32. The summed E-state index contributed by atoms with van der Waals surface area (Å²) in [5, 5.41) is 3.20. The second kappa shape index (κ2) is 5.34. The Labute approximate surface area is 107 Å². The number of hydrogen-bond acceptors (Lipinski definition) is 3. The summed E-state index contributed by atoms with van der Waals surface area (Å²) in [4.78, 5) is -0.0305. The SMILES string of the molecule is Cc1ccc(S(=O)(=O)NCCNC2CC2)cc1F. The van der Waals surface area contributed by atoms with Crippen molar-refractivity contribution in [2.75, 3.05) is 13.1 Å². The first-order valence-electron chi connectivity index (χ1n) is 5.98. The van der Waals surface area contributed by atoms with E-state index in [1.54, 1.807) is 6.92 Å². The van der Waals surface area contributed by atoms with E-state index in [4.69, 9.17) is 0 Å². The standard InChI is InChI=1S/C12H17FN2O2S/c1-9-2-5-11(8-12(9)13)18(16,17)15-7-6-14-10-3-4-10/h2,5,8,10,14-15H,3-4,6-7H2,1H3. The zero-order valence-corrected chi connectivity index (χ0v) is 11.1. The minimum Gasteiger partial charge on any atom is -0.313 e. The minimum absolute atomic E-state index is 0.0305. The average Bonchev–Trinajstić information content (AvgIpc) is 3.12. The third-order valence-corrected chi connectivity index (χ3v) is 4.34. The molecule has 18 heavy (non-hydrogen) atoms.